The first-order valence-corrected chi connectivity index (χ1v) is 10.9. The van der Waals surface area contributed by atoms with Gasteiger partial charge in [-0.2, -0.15) is 0 Å². The summed E-state index contributed by atoms with van der Waals surface area (Å²) < 4.78 is 2.16. The number of hydrogen-bond donors (Lipinski definition) is 1. The number of imidazole rings is 1. The summed E-state index contributed by atoms with van der Waals surface area (Å²) in [5, 5.41) is 9.30. The molecule has 162 valence electrons. The van der Waals surface area contributed by atoms with Crippen LogP contribution in [0.1, 0.15) is 40.7 Å². The Hall–Kier alpha value is -3.44. The Morgan fingerprint density at radius 3 is 2.28 bits per heavy atom. The highest BCUT2D eigenvalue weighted by molar-refractivity contribution is 6.44. The first kappa shape index (κ1) is 21.8. The molecule has 0 aliphatic rings. The van der Waals surface area contributed by atoms with Crippen molar-refractivity contribution in [2.24, 2.45) is 0 Å². The highest BCUT2D eigenvalue weighted by Gasteiger charge is 2.17. The number of carboxylic acid groups (broad SMARTS) is 1. The summed E-state index contributed by atoms with van der Waals surface area (Å²) in [5.41, 5.74) is 7.00. The van der Waals surface area contributed by atoms with Gasteiger partial charge in [-0.15, -0.1) is 0 Å². The van der Waals surface area contributed by atoms with Crippen LogP contribution in [0.2, 0.25) is 0 Å². The van der Waals surface area contributed by atoms with Crippen molar-refractivity contribution in [1.29, 1.82) is 0 Å². The highest BCUT2D eigenvalue weighted by atomic mass is 35.5. The van der Waals surface area contributed by atoms with Gasteiger partial charge >= 0.3 is 5.97 Å². The van der Waals surface area contributed by atoms with Gasteiger partial charge in [0.2, 0.25) is 0 Å². The molecule has 2 aromatic carbocycles. The van der Waals surface area contributed by atoms with Gasteiger partial charge in [0, 0.05) is 17.7 Å². The van der Waals surface area contributed by atoms with Crippen LogP contribution in [-0.2, 0) is 17.8 Å². The van der Waals surface area contributed by atoms with Crippen molar-refractivity contribution in [3.05, 3.63) is 99.5 Å². The van der Waals surface area contributed by atoms with Crippen LogP contribution in [0.4, 0.5) is 0 Å². The summed E-state index contributed by atoms with van der Waals surface area (Å²) in [7, 11) is 0. The fourth-order valence-electron chi connectivity index (χ4n) is 3.98. The second-order valence-corrected chi connectivity index (χ2v) is 8.16. The predicted octanol–water partition coefficient (Wildman–Crippen LogP) is 5.74. The Balaban J connectivity index is 1.74. The second-order valence-electron chi connectivity index (χ2n) is 7.78. The Kier molecular flexibility index (Phi) is 6.10. The van der Waals surface area contributed by atoms with Crippen molar-refractivity contribution in [2.75, 3.05) is 0 Å². The molecule has 0 amide bonds. The fraction of sp³-hybridized carbons (Fsp3) is 0.192. The standard InChI is InChI=1S/C26H24ClN3O2/c1-4-21-29-24-16(2)14-17(3)28-25(24)30(21)15-18-10-12-20(13-11-18)22(23(27)26(31)32)19-8-6-5-7-9-19/h5-14H,4,15H2,1-3H3,(H,31,32)/b23-22-. The lowest BCUT2D eigenvalue weighted by Gasteiger charge is -2.12. The monoisotopic (exact) mass is 445 g/mol. The molecule has 4 rings (SSSR count). The van der Waals surface area contributed by atoms with Crippen LogP contribution in [0.3, 0.4) is 0 Å². The van der Waals surface area contributed by atoms with E-state index in [4.69, 9.17) is 21.6 Å². The van der Waals surface area contributed by atoms with Crippen molar-refractivity contribution in [1.82, 2.24) is 14.5 Å². The summed E-state index contributed by atoms with van der Waals surface area (Å²) in [6, 6.07) is 19.2. The molecule has 32 heavy (non-hydrogen) atoms. The van der Waals surface area contributed by atoms with E-state index in [9.17, 15) is 9.90 Å². The van der Waals surface area contributed by atoms with E-state index >= 15 is 0 Å². The minimum atomic E-state index is -1.15. The molecule has 6 heteroatoms. The molecule has 5 nitrogen and oxygen atoms in total. The number of aliphatic carboxylic acids is 1. The number of aromatic nitrogens is 3. The van der Waals surface area contributed by atoms with E-state index in [0.717, 1.165) is 51.4 Å². The number of nitrogens with zero attached hydrogens (tertiary/aromatic N) is 3. The van der Waals surface area contributed by atoms with Gasteiger partial charge in [-0.3, -0.25) is 0 Å². The van der Waals surface area contributed by atoms with Crippen LogP contribution in [-0.4, -0.2) is 25.6 Å². The van der Waals surface area contributed by atoms with Crippen LogP contribution in [0.25, 0.3) is 16.7 Å². The van der Waals surface area contributed by atoms with Crippen LogP contribution in [0.5, 0.6) is 0 Å². The highest BCUT2D eigenvalue weighted by Crippen LogP contribution is 2.30. The third kappa shape index (κ3) is 4.16. The molecule has 0 aliphatic carbocycles. The molecule has 0 atom stereocenters. The lowest BCUT2D eigenvalue weighted by molar-refractivity contribution is -0.131. The third-order valence-electron chi connectivity index (χ3n) is 5.47. The number of fused-ring (bicyclic) bond motifs is 1. The summed E-state index contributed by atoms with van der Waals surface area (Å²) in [6.45, 7) is 6.78. The number of hydrogen-bond acceptors (Lipinski definition) is 3. The molecule has 4 aromatic rings. The van der Waals surface area contributed by atoms with E-state index in [1.165, 1.54) is 0 Å². The Labute approximate surface area is 192 Å². The van der Waals surface area contributed by atoms with Crippen LogP contribution < -0.4 is 0 Å². The first-order chi connectivity index (χ1) is 15.4. The van der Waals surface area contributed by atoms with Gasteiger partial charge in [0.05, 0.1) is 6.54 Å². The van der Waals surface area contributed by atoms with Crippen molar-refractivity contribution in [3.63, 3.8) is 0 Å². The third-order valence-corrected chi connectivity index (χ3v) is 5.82. The molecule has 0 saturated heterocycles. The van der Waals surface area contributed by atoms with Crippen molar-refractivity contribution >= 4 is 34.3 Å². The zero-order valence-electron chi connectivity index (χ0n) is 18.3. The topological polar surface area (TPSA) is 68.0 Å². The summed E-state index contributed by atoms with van der Waals surface area (Å²) in [6.07, 6.45) is 0.808. The molecule has 0 unspecified atom stereocenters. The van der Waals surface area contributed by atoms with Crippen molar-refractivity contribution in [2.45, 2.75) is 33.7 Å². The molecule has 0 fully saturated rings. The number of aryl methyl sites for hydroxylation is 3. The lowest BCUT2D eigenvalue weighted by atomic mass is 9.96. The van der Waals surface area contributed by atoms with E-state index in [2.05, 4.69) is 24.5 Å². The van der Waals surface area contributed by atoms with Gasteiger partial charge in [-0.1, -0.05) is 73.1 Å². The van der Waals surface area contributed by atoms with Gasteiger partial charge < -0.3 is 9.67 Å². The predicted molar refractivity (Wildman–Crippen MR) is 128 cm³/mol. The minimum absolute atomic E-state index is 0.201. The van der Waals surface area contributed by atoms with Crippen LogP contribution >= 0.6 is 11.6 Å². The number of carboxylic acids is 1. The summed E-state index contributed by atoms with van der Waals surface area (Å²) >= 11 is 6.20. The maximum Gasteiger partial charge on any atom is 0.347 e. The van der Waals surface area contributed by atoms with Gasteiger partial charge in [0.15, 0.2) is 5.65 Å². The average molecular weight is 446 g/mol. The number of carbonyl (C=O) groups is 1. The minimum Gasteiger partial charge on any atom is -0.477 e. The largest absolute Gasteiger partial charge is 0.477 e. The Bertz CT molecular complexity index is 1320. The van der Waals surface area contributed by atoms with E-state index in [1.54, 1.807) is 0 Å². The molecule has 2 aromatic heterocycles. The molecule has 0 bridgehead atoms. The van der Waals surface area contributed by atoms with Crippen molar-refractivity contribution < 1.29 is 9.90 Å². The fourth-order valence-corrected chi connectivity index (χ4v) is 4.19. The lowest BCUT2D eigenvalue weighted by Crippen LogP contribution is -2.06. The maximum atomic E-state index is 11.6. The smallest absolute Gasteiger partial charge is 0.347 e. The van der Waals surface area contributed by atoms with Gasteiger partial charge in [0.1, 0.15) is 16.4 Å². The van der Waals surface area contributed by atoms with E-state index in [1.807, 2.05) is 61.5 Å². The van der Waals surface area contributed by atoms with E-state index in [0.29, 0.717) is 12.1 Å². The summed E-state index contributed by atoms with van der Waals surface area (Å²) in [5.74, 6) is -0.159. The van der Waals surface area contributed by atoms with Gasteiger partial charge in [-0.05, 0) is 42.2 Å². The number of pyridine rings is 1. The molecular formula is C26H24ClN3O2. The first-order valence-electron chi connectivity index (χ1n) is 10.5. The second kappa shape index (κ2) is 8.97. The van der Waals surface area contributed by atoms with Crippen LogP contribution in [0, 0.1) is 13.8 Å². The van der Waals surface area contributed by atoms with E-state index in [-0.39, 0.29) is 5.03 Å². The van der Waals surface area contributed by atoms with Crippen molar-refractivity contribution in [3.8, 4) is 0 Å². The number of rotatable bonds is 6. The zero-order valence-corrected chi connectivity index (χ0v) is 19.0. The molecule has 0 spiro atoms. The van der Waals surface area contributed by atoms with E-state index < -0.39 is 5.97 Å². The quantitative estimate of drug-likeness (QED) is 0.384. The molecule has 0 radical (unpaired) electrons. The summed E-state index contributed by atoms with van der Waals surface area (Å²) in [4.78, 5) is 21.2. The Morgan fingerprint density at radius 2 is 1.66 bits per heavy atom. The number of halogens is 1. The van der Waals surface area contributed by atoms with Gasteiger partial charge in [0.25, 0.3) is 0 Å². The molecule has 2 heterocycles. The molecule has 0 saturated carbocycles. The normalized spacial score (nSPS) is 12.1. The average Bonchev–Trinajstić information content (AvgIpc) is 3.13. The maximum absolute atomic E-state index is 11.6. The van der Waals surface area contributed by atoms with Crippen LogP contribution in [0.15, 0.2) is 65.7 Å². The molecule has 1 N–H and O–H groups in total. The molecular weight excluding hydrogens is 422 g/mol. The van der Waals surface area contributed by atoms with Gasteiger partial charge in [-0.25, -0.2) is 14.8 Å². The zero-order chi connectivity index (χ0) is 22.8. The SMILES string of the molecule is CCc1nc2c(C)cc(C)nc2n1Cc1ccc(/C(=C(\Cl)C(=O)O)c2ccccc2)cc1. The number of benzene rings is 2. The Morgan fingerprint density at radius 1 is 1.00 bits per heavy atom. The molecule has 0 aliphatic heterocycles.